The molecule has 2 heterocycles. The molecular weight excluding hydrogens is 340 g/mol. The predicted octanol–water partition coefficient (Wildman–Crippen LogP) is 2.17. The van der Waals surface area contributed by atoms with Gasteiger partial charge in [-0.25, -0.2) is 8.78 Å². The Labute approximate surface area is 152 Å². The van der Waals surface area contributed by atoms with Crippen LogP contribution in [-0.4, -0.2) is 49.9 Å². The number of benzene rings is 1. The van der Waals surface area contributed by atoms with Crippen molar-refractivity contribution in [3.8, 4) is 0 Å². The molecule has 1 N–H and O–H groups in total. The average Bonchev–Trinajstić information content (AvgIpc) is 3.03. The highest BCUT2D eigenvalue weighted by atomic mass is 19.2. The van der Waals surface area contributed by atoms with E-state index in [1.54, 1.807) is 4.90 Å². The fourth-order valence-corrected chi connectivity index (χ4v) is 3.83. The first-order valence-electron chi connectivity index (χ1n) is 9.21. The molecule has 26 heavy (non-hydrogen) atoms. The second-order valence-electron chi connectivity index (χ2n) is 7.09. The normalized spacial score (nSPS) is 21.5. The first kappa shape index (κ1) is 18.8. The largest absolute Gasteiger partial charge is 0.342 e. The van der Waals surface area contributed by atoms with Gasteiger partial charge < -0.3 is 15.1 Å². The first-order valence-corrected chi connectivity index (χ1v) is 9.21. The van der Waals surface area contributed by atoms with Gasteiger partial charge in [-0.15, -0.1) is 0 Å². The van der Waals surface area contributed by atoms with Gasteiger partial charge in [-0.1, -0.05) is 0 Å². The maximum absolute atomic E-state index is 13.4. The highest BCUT2D eigenvalue weighted by Crippen LogP contribution is 2.29. The highest BCUT2D eigenvalue weighted by molar-refractivity contribution is 6.09. The summed E-state index contributed by atoms with van der Waals surface area (Å²) in [7, 11) is 1.93. The quantitative estimate of drug-likeness (QED) is 0.814. The number of halogens is 2. The monoisotopic (exact) mass is 365 g/mol. The Balaban J connectivity index is 1.59. The van der Waals surface area contributed by atoms with Gasteiger partial charge in [0.2, 0.25) is 11.8 Å². The molecule has 0 bridgehead atoms. The molecule has 0 spiro atoms. The summed E-state index contributed by atoms with van der Waals surface area (Å²) in [6.07, 6.45) is 3.43. The van der Waals surface area contributed by atoms with Crippen molar-refractivity contribution in [1.82, 2.24) is 10.2 Å². The Morgan fingerprint density at radius 3 is 2.54 bits per heavy atom. The van der Waals surface area contributed by atoms with Gasteiger partial charge in [0.05, 0.1) is 0 Å². The maximum atomic E-state index is 13.4. The van der Waals surface area contributed by atoms with Crippen LogP contribution in [0.3, 0.4) is 0 Å². The molecule has 2 saturated heterocycles. The molecule has 0 aliphatic carbocycles. The average molecular weight is 365 g/mol. The Bertz CT molecular complexity index is 675. The second kappa shape index (κ2) is 8.12. The number of rotatable bonds is 5. The molecule has 0 saturated carbocycles. The molecule has 1 aromatic carbocycles. The van der Waals surface area contributed by atoms with Crippen LogP contribution in [0, 0.1) is 23.5 Å². The van der Waals surface area contributed by atoms with Crippen LogP contribution in [0.25, 0.3) is 0 Å². The molecule has 142 valence electrons. The van der Waals surface area contributed by atoms with Gasteiger partial charge >= 0.3 is 0 Å². The van der Waals surface area contributed by atoms with Gasteiger partial charge in [0.1, 0.15) is 5.92 Å². The van der Waals surface area contributed by atoms with Crippen molar-refractivity contribution in [3.63, 3.8) is 0 Å². The van der Waals surface area contributed by atoms with Gasteiger partial charge in [0, 0.05) is 31.4 Å². The number of nitrogens with zero attached hydrogens (tertiary/aromatic N) is 2. The maximum Gasteiger partial charge on any atom is 0.239 e. The number of likely N-dealkylation sites (tertiary alicyclic amines) is 1. The van der Waals surface area contributed by atoms with E-state index in [0.717, 1.165) is 37.9 Å². The summed E-state index contributed by atoms with van der Waals surface area (Å²) in [4.78, 5) is 28.6. The molecule has 2 fully saturated rings. The van der Waals surface area contributed by atoms with Crippen LogP contribution in [-0.2, 0) is 9.59 Å². The summed E-state index contributed by atoms with van der Waals surface area (Å²) in [6, 6.07) is 3.38. The van der Waals surface area contributed by atoms with E-state index in [4.69, 9.17) is 0 Å². The number of hydrogen-bond acceptors (Lipinski definition) is 3. The molecule has 3 rings (SSSR count). The number of carbonyl (C=O) groups is 2. The van der Waals surface area contributed by atoms with E-state index in [0.29, 0.717) is 37.7 Å². The molecule has 2 amide bonds. The van der Waals surface area contributed by atoms with Crippen LogP contribution in [0.15, 0.2) is 18.2 Å². The Kier molecular flexibility index (Phi) is 5.86. The molecule has 1 unspecified atom stereocenters. The van der Waals surface area contributed by atoms with Gasteiger partial charge in [-0.05, 0) is 57.3 Å². The van der Waals surface area contributed by atoms with E-state index in [9.17, 15) is 18.4 Å². The molecule has 0 aromatic heterocycles. The van der Waals surface area contributed by atoms with E-state index in [1.807, 2.05) is 7.05 Å². The third-order valence-electron chi connectivity index (χ3n) is 5.45. The minimum absolute atomic E-state index is 0.132. The standard InChI is InChI=1S/C19H25F2N3O2/c1-22-8-4-13-5-9-23(10-6-13)18(25)15-7-11-24(19(15)26)14-2-3-16(20)17(21)12-14/h2-3,12-13,15,22H,4-11H2,1H3. The SMILES string of the molecule is CNCCC1CCN(C(=O)C2CCN(c3ccc(F)c(F)c3)C2=O)CC1. The summed E-state index contributed by atoms with van der Waals surface area (Å²) in [6.45, 7) is 2.69. The first-order chi connectivity index (χ1) is 12.5. The van der Waals surface area contributed by atoms with E-state index in [1.165, 1.54) is 11.0 Å². The fourth-order valence-electron chi connectivity index (χ4n) is 3.83. The Morgan fingerprint density at radius 1 is 1.15 bits per heavy atom. The van der Waals surface area contributed by atoms with Crippen LogP contribution in [0.5, 0.6) is 0 Å². The van der Waals surface area contributed by atoms with Crippen molar-refractivity contribution in [2.75, 3.05) is 38.1 Å². The molecule has 2 aliphatic heterocycles. The smallest absolute Gasteiger partial charge is 0.239 e. The summed E-state index contributed by atoms with van der Waals surface area (Å²) in [5.74, 6) is -2.49. The van der Waals surface area contributed by atoms with Gasteiger partial charge in [0.15, 0.2) is 11.6 Å². The van der Waals surface area contributed by atoms with Crippen LogP contribution < -0.4 is 10.2 Å². The van der Waals surface area contributed by atoms with E-state index >= 15 is 0 Å². The summed E-state index contributed by atoms with van der Waals surface area (Å²) >= 11 is 0. The molecular formula is C19H25F2N3O2. The molecule has 2 aliphatic rings. The van der Waals surface area contributed by atoms with E-state index < -0.39 is 17.6 Å². The number of piperidine rings is 1. The van der Waals surface area contributed by atoms with Crippen molar-refractivity contribution < 1.29 is 18.4 Å². The van der Waals surface area contributed by atoms with E-state index in [2.05, 4.69) is 5.32 Å². The highest BCUT2D eigenvalue weighted by Gasteiger charge is 2.40. The number of amides is 2. The number of hydrogen-bond donors (Lipinski definition) is 1. The van der Waals surface area contributed by atoms with Crippen LogP contribution in [0.4, 0.5) is 14.5 Å². The zero-order chi connectivity index (χ0) is 18.7. The lowest BCUT2D eigenvalue weighted by Gasteiger charge is -2.33. The minimum atomic E-state index is -0.992. The van der Waals surface area contributed by atoms with Crippen molar-refractivity contribution in [1.29, 1.82) is 0 Å². The summed E-state index contributed by atoms with van der Waals surface area (Å²) in [5, 5.41) is 3.15. The van der Waals surface area contributed by atoms with Gasteiger partial charge in [-0.3, -0.25) is 9.59 Å². The van der Waals surface area contributed by atoms with Crippen molar-refractivity contribution in [3.05, 3.63) is 29.8 Å². The second-order valence-corrected chi connectivity index (χ2v) is 7.09. The van der Waals surface area contributed by atoms with Crippen LogP contribution >= 0.6 is 0 Å². The Morgan fingerprint density at radius 2 is 1.88 bits per heavy atom. The predicted molar refractivity (Wildman–Crippen MR) is 94.7 cm³/mol. The molecule has 1 atom stereocenters. The third-order valence-corrected chi connectivity index (χ3v) is 5.45. The van der Waals surface area contributed by atoms with E-state index in [-0.39, 0.29) is 11.8 Å². The lowest BCUT2D eigenvalue weighted by atomic mass is 9.92. The molecule has 1 aromatic rings. The van der Waals surface area contributed by atoms with Crippen LogP contribution in [0.1, 0.15) is 25.7 Å². The van der Waals surface area contributed by atoms with Crippen molar-refractivity contribution in [2.45, 2.75) is 25.7 Å². The summed E-state index contributed by atoms with van der Waals surface area (Å²) < 4.78 is 26.5. The zero-order valence-corrected chi connectivity index (χ0v) is 15.0. The fraction of sp³-hybridized carbons (Fsp3) is 0.579. The topological polar surface area (TPSA) is 52.7 Å². The third kappa shape index (κ3) is 3.87. The number of nitrogens with one attached hydrogen (secondary N) is 1. The number of carbonyl (C=O) groups excluding carboxylic acids is 2. The van der Waals surface area contributed by atoms with Crippen LogP contribution in [0.2, 0.25) is 0 Å². The molecule has 7 heteroatoms. The Hall–Kier alpha value is -2.02. The van der Waals surface area contributed by atoms with Crippen molar-refractivity contribution >= 4 is 17.5 Å². The molecule has 5 nitrogen and oxygen atoms in total. The van der Waals surface area contributed by atoms with Gasteiger partial charge in [0.25, 0.3) is 0 Å². The minimum Gasteiger partial charge on any atom is -0.342 e. The molecule has 0 radical (unpaired) electrons. The zero-order valence-electron chi connectivity index (χ0n) is 15.0. The lowest BCUT2D eigenvalue weighted by molar-refractivity contribution is -0.141. The van der Waals surface area contributed by atoms with Crippen molar-refractivity contribution in [2.24, 2.45) is 11.8 Å². The summed E-state index contributed by atoms with van der Waals surface area (Å²) in [5.41, 5.74) is 0.301. The van der Waals surface area contributed by atoms with Gasteiger partial charge in [-0.2, -0.15) is 0 Å². The lowest BCUT2D eigenvalue weighted by Crippen LogP contribution is -2.44. The number of anilines is 1.